The van der Waals surface area contributed by atoms with Gasteiger partial charge >= 0.3 is 5.97 Å². The van der Waals surface area contributed by atoms with Crippen LogP contribution in [0.25, 0.3) is 0 Å². The van der Waals surface area contributed by atoms with Crippen molar-refractivity contribution >= 4 is 23.4 Å². The molecular formula is C12H18ClN3O3. The Hall–Kier alpha value is -1.40. The Balaban J connectivity index is 2.38. The van der Waals surface area contributed by atoms with Gasteiger partial charge in [-0.25, -0.2) is 9.97 Å². The first kappa shape index (κ1) is 15.7. The van der Waals surface area contributed by atoms with Crippen molar-refractivity contribution in [2.45, 2.75) is 26.4 Å². The van der Waals surface area contributed by atoms with E-state index in [-0.39, 0.29) is 5.97 Å². The third kappa shape index (κ3) is 6.35. The minimum absolute atomic E-state index is 0.190. The fraction of sp³-hybridized carbons (Fsp3) is 0.583. The Labute approximate surface area is 117 Å². The van der Waals surface area contributed by atoms with Crippen molar-refractivity contribution in [3.8, 4) is 0 Å². The predicted octanol–water partition coefficient (Wildman–Crippen LogP) is 2.03. The van der Waals surface area contributed by atoms with Gasteiger partial charge in [0.25, 0.3) is 0 Å². The topological polar surface area (TPSA) is 73.3 Å². The zero-order valence-electron chi connectivity index (χ0n) is 11.1. The van der Waals surface area contributed by atoms with E-state index in [2.05, 4.69) is 15.3 Å². The van der Waals surface area contributed by atoms with E-state index in [1.807, 2.05) is 0 Å². The van der Waals surface area contributed by atoms with E-state index >= 15 is 0 Å². The lowest BCUT2D eigenvalue weighted by molar-refractivity contribution is -0.143. The van der Waals surface area contributed by atoms with E-state index in [0.717, 1.165) is 0 Å². The van der Waals surface area contributed by atoms with E-state index in [4.69, 9.17) is 21.1 Å². The van der Waals surface area contributed by atoms with E-state index < -0.39 is 0 Å². The molecule has 7 heteroatoms. The Morgan fingerprint density at radius 2 is 2.26 bits per heavy atom. The second kappa shape index (κ2) is 8.66. The summed E-state index contributed by atoms with van der Waals surface area (Å²) < 4.78 is 9.78. The summed E-state index contributed by atoms with van der Waals surface area (Å²) in [4.78, 5) is 19.4. The number of hydrogen-bond donors (Lipinski definition) is 1. The number of esters is 1. The number of hydrogen-bond acceptors (Lipinski definition) is 6. The number of methoxy groups -OCH3 is 1. The van der Waals surface area contributed by atoms with Crippen LogP contribution in [0.5, 0.6) is 0 Å². The molecule has 1 heterocycles. The van der Waals surface area contributed by atoms with Gasteiger partial charge in [0, 0.05) is 26.1 Å². The number of rotatable bonds is 8. The van der Waals surface area contributed by atoms with Gasteiger partial charge in [-0.05, 0) is 13.3 Å². The van der Waals surface area contributed by atoms with Crippen molar-refractivity contribution in [1.29, 1.82) is 0 Å². The Kier molecular flexibility index (Phi) is 7.14. The fourth-order valence-corrected chi connectivity index (χ4v) is 1.63. The zero-order valence-corrected chi connectivity index (χ0v) is 11.9. The summed E-state index contributed by atoms with van der Waals surface area (Å²) in [6.07, 6.45) is 1.05. The number of ether oxygens (including phenoxy) is 2. The number of nitrogens with zero attached hydrogens (tertiary/aromatic N) is 2. The maximum absolute atomic E-state index is 11.1. The van der Waals surface area contributed by atoms with Crippen LogP contribution in [0.4, 0.5) is 5.82 Å². The number of anilines is 1. The smallest absolute Gasteiger partial charge is 0.305 e. The lowest BCUT2D eigenvalue weighted by Crippen LogP contribution is -2.10. The molecule has 0 aliphatic rings. The molecule has 0 aliphatic heterocycles. The second-order valence-electron chi connectivity index (χ2n) is 3.76. The summed E-state index contributed by atoms with van der Waals surface area (Å²) in [6, 6.07) is 1.63. The first-order valence-corrected chi connectivity index (χ1v) is 6.45. The molecule has 0 radical (unpaired) electrons. The summed E-state index contributed by atoms with van der Waals surface area (Å²) in [5.41, 5.74) is 0. The van der Waals surface area contributed by atoms with E-state index in [0.29, 0.717) is 49.4 Å². The molecule has 0 amide bonds. The van der Waals surface area contributed by atoms with Crippen molar-refractivity contribution in [3.05, 3.63) is 17.0 Å². The molecule has 1 N–H and O–H groups in total. The number of nitrogens with one attached hydrogen (secondary N) is 1. The molecule has 0 aromatic carbocycles. The minimum Gasteiger partial charge on any atom is -0.466 e. The monoisotopic (exact) mass is 287 g/mol. The fourth-order valence-electron chi connectivity index (χ4n) is 1.43. The van der Waals surface area contributed by atoms with Gasteiger partial charge in [0.15, 0.2) is 5.82 Å². The summed E-state index contributed by atoms with van der Waals surface area (Å²) >= 11 is 5.87. The normalized spacial score (nSPS) is 10.3. The van der Waals surface area contributed by atoms with Gasteiger partial charge in [-0.3, -0.25) is 4.79 Å². The molecule has 6 nitrogen and oxygen atoms in total. The average Bonchev–Trinajstić information content (AvgIpc) is 2.35. The van der Waals surface area contributed by atoms with Crippen molar-refractivity contribution in [3.63, 3.8) is 0 Å². The highest BCUT2D eigenvalue weighted by Gasteiger charge is 2.04. The van der Waals surface area contributed by atoms with Crippen molar-refractivity contribution in [2.24, 2.45) is 0 Å². The predicted molar refractivity (Wildman–Crippen MR) is 72.1 cm³/mol. The average molecular weight is 288 g/mol. The summed E-state index contributed by atoms with van der Waals surface area (Å²) in [5, 5.41) is 3.44. The SMILES string of the molecule is CCOC(=O)CCCNc1cc(Cl)nc(COC)n1. The molecule has 0 fully saturated rings. The second-order valence-corrected chi connectivity index (χ2v) is 4.15. The molecule has 1 rings (SSSR count). The van der Waals surface area contributed by atoms with Crippen LogP contribution < -0.4 is 5.32 Å². The number of carbonyl (C=O) groups excluding carboxylic acids is 1. The zero-order chi connectivity index (χ0) is 14.1. The van der Waals surface area contributed by atoms with Crippen molar-refractivity contribution in [1.82, 2.24) is 9.97 Å². The van der Waals surface area contributed by atoms with Crippen molar-refractivity contribution < 1.29 is 14.3 Å². The van der Waals surface area contributed by atoms with Gasteiger partial charge in [0.2, 0.25) is 0 Å². The first-order valence-electron chi connectivity index (χ1n) is 6.07. The Bertz CT molecular complexity index is 415. The molecule has 0 spiro atoms. The molecule has 0 bridgehead atoms. The number of aromatic nitrogens is 2. The molecule has 0 aliphatic carbocycles. The van der Waals surface area contributed by atoms with Crippen LogP contribution in [0.2, 0.25) is 5.15 Å². The van der Waals surface area contributed by atoms with Gasteiger partial charge in [-0.1, -0.05) is 11.6 Å². The summed E-state index contributed by atoms with van der Waals surface area (Å²) in [5.74, 6) is 0.948. The molecule has 19 heavy (non-hydrogen) atoms. The molecule has 0 atom stereocenters. The van der Waals surface area contributed by atoms with E-state index in [9.17, 15) is 4.79 Å². The van der Waals surface area contributed by atoms with Crippen LogP contribution in [-0.2, 0) is 20.9 Å². The quantitative estimate of drug-likeness (QED) is 0.448. The van der Waals surface area contributed by atoms with Crippen LogP contribution >= 0.6 is 11.6 Å². The third-order valence-electron chi connectivity index (χ3n) is 2.18. The van der Waals surface area contributed by atoms with Gasteiger partial charge in [0.1, 0.15) is 17.6 Å². The van der Waals surface area contributed by atoms with Crippen molar-refractivity contribution in [2.75, 3.05) is 25.6 Å². The summed E-state index contributed by atoms with van der Waals surface area (Å²) in [7, 11) is 1.57. The number of carbonyl (C=O) groups is 1. The molecule has 0 saturated carbocycles. The highest BCUT2D eigenvalue weighted by Crippen LogP contribution is 2.12. The van der Waals surface area contributed by atoms with Crippen LogP contribution in [0.15, 0.2) is 6.07 Å². The molecule has 106 valence electrons. The standard InChI is InChI=1S/C12H18ClN3O3/c1-3-19-12(17)5-4-6-14-10-7-9(13)15-11(16-10)8-18-2/h7H,3-6,8H2,1-2H3,(H,14,15,16). The van der Waals surface area contributed by atoms with E-state index in [1.54, 1.807) is 20.1 Å². The summed E-state index contributed by atoms with van der Waals surface area (Å²) in [6.45, 7) is 3.11. The van der Waals surface area contributed by atoms with Crippen LogP contribution in [0.3, 0.4) is 0 Å². The van der Waals surface area contributed by atoms with Gasteiger partial charge in [-0.2, -0.15) is 0 Å². The highest BCUT2D eigenvalue weighted by atomic mass is 35.5. The lowest BCUT2D eigenvalue weighted by Gasteiger charge is -2.07. The van der Waals surface area contributed by atoms with Crippen LogP contribution in [0.1, 0.15) is 25.6 Å². The molecule has 0 unspecified atom stereocenters. The number of halogens is 1. The third-order valence-corrected chi connectivity index (χ3v) is 2.38. The maximum atomic E-state index is 11.1. The molecule has 0 saturated heterocycles. The Morgan fingerprint density at radius 3 is 2.95 bits per heavy atom. The lowest BCUT2D eigenvalue weighted by atomic mass is 10.3. The van der Waals surface area contributed by atoms with Crippen LogP contribution in [0, 0.1) is 0 Å². The van der Waals surface area contributed by atoms with Gasteiger partial charge in [-0.15, -0.1) is 0 Å². The van der Waals surface area contributed by atoms with Crippen LogP contribution in [-0.4, -0.2) is 36.2 Å². The first-order chi connectivity index (χ1) is 9.15. The van der Waals surface area contributed by atoms with E-state index in [1.165, 1.54) is 0 Å². The minimum atomic E-state index is -0.190. The molecule has 1 aromatic rings. The molecule has 1 aromatic heterocycles. The van der Waals surface area contributed by atoms with Gasteiger partial charge < -0.3 is 14.8 Å². The van der Waals surface area contributed by atoms with Gasteiger partial charge in [0.05, 0.1) is 6.61 Å². The molecular weight excluding hydrogens is 270 g/mol. The largest absolute Gasteiger partial charge is 0.466 e. The maximum Gasteiger partial charge on any atom is 0.305 e. The Morgan fingerprint density at radius 1 is 1.47 bits per heavy atom. The highest BCUT2D eigenvalue weighted by molar-refractivity contribution is 6.29.